The Hall–Kier alpha value is -3.22. The second-order valence-corrected chi connectivity index (χ2v) is 4.63. The Bertz CT molecular complexity index is 865. The molecule has 0 amide bonds. The zero-order valence-corrected chi connectivity index (χ0v) is 12.7. The number of nitrogens with zero attached hydrogens (tertiary/aromatic N) is 4. The molecule has 3 rings (SSSR count). The second kappa shape index (κ2) is 6.27. The molecule has 23 heavy (non-hydrogen) atoms. The van der Waals surface area contributed by atoms with E-state index in [9.17, 15) is 0 Å². The van der Waals surface area contributed by atoms with Gasteiger partial charge in [0.15, 0.2) is 11.2 Å². The minimum Gasteiger partial charge on any atom is -0.479 e. The summed E-state index contributed by atoms with van der Waals surface area (Å²) in [4.78, 5) is 16.9. The molecule has 7 nitrogen and oxygen atoms in total. The molecule has 2 heterocycles. The van der Waals surface area contributed by atoms with E-state index >= 15 is 0 Å². The second-order valence-electron chi connectivity index (χ2n) is 4.63. The number of hydrogen-bond donors (Lipinski definition) is 1. The lowest BCUT2D eigenvalue weighted by Crippen LogP contribution is -2.04. The van der Waals surface area contributed by atoms with E-state index in [-0.39, 0.29) is 11.8 Å². The van der Waals surface area contributed by atoms with E-state index in [0.29, 0.717) is 22.7 Å². The molecule has 0 saturated heterocycles. The van der Waals surface area contributed by atoms with Crippen LogP contribution < -0.4 is 15.2 Å². The number of ether oxygens (including phenoxy) is 2. The van der Waals surface area contributed by atoms with Crippen molar-refractivity contribution < 1.29 is 9.47 Å². The molecule has 0 unspecified atom stereocenters. The molecule has 0 aliphatic carbocycles. The molecule has 0 aliphatic rings. The molecule has 7 heteroatoms. The van der Waals surface area contributed by atoms with E-state index in [1.165, 1.54) is 14.2 Å². The van der Waals surface area contributed by atoms with Gasteiger partial charge in [0.2, 0.25) is 17.7 Å². The molecular weight excluding hydrogens is 294 g/mol. The predicted molar refractivity (Wildman–Crippen MR) is 88.0 cm³/mol. The highest BCUT2D eigenvalue weighted by Gasteiger charge is 2.14. The molecule has 0 radical (unpaired) electrons. The smallest absolute Gasteiger partial charge is 0.247 e. The van der Waals surface area contributed by atoms with Gasteiger partial charge in [0.05, 0.1) is 14.2 Å². The third-order valence-electron chi connectivity index (χ3n) is 3.13. The lowest BCUT2D eigenvalue weighted by Gasteiger charge is -2.07. The van der Waals surface area contributed by atoms with Crippen molar-refractivity contribution in [3.63, 3.8) is 0 Å². The monoisotopic (exact) mass is 309 g/mol. The van der Waals surface area contributed by atoms with Crippen LogP contribution in [0.1, 0.15) is 11.3 Å². The molecular formula is C16H15N5O2. The summed E-state index contributed by atoms with van der Waals surface area (Å²) in [5, 5.41) is 0. The lowest BCUT2D eigenvalue weighted by molar-refractivity contribution is 0.393. The summed E-state index contributed by atoms with van der Waals surface area (Å²) in [6, 6.07) is 9.86. The van der Waals surface area contributed by atoms with Crippen LogP contribution in [0.15, 0.2) is 30.3 Å². The Morgan fingerprint density at radius 2 is 1.61 bits per heavy atom. The van der Waals surface area contributed by atoms with Crippen LogP contribution in [0.25, 0.3) is 23.3 Å². The summed E-state index contributed by atoms with van der Waals surface area (Å²) >= 11 is 0. The van der Waals surface area contributed by atoms with Gasteiger partial charge in [-0.3, -0.25) is 0 Å². The van der Waals surface area contributed by atoms with Crippen LogP contribution in [0.3, 0.4) is 0 Å². The van der Waals surface area contributed by atoms with E-state index in [1.54, 1.807) is 0 Å². The number of nitrogens with two attached hydrogens (primary N) is 1. The summed E-state index contributed by atoms with van der Waals surface area (Å²) in [6.07, 6.45) is 3.74. The van der Waals surface area contributed by atoms with Crippen molar-refractivity contribution in [3.05, 3.63) is 41.6 Å². The van der Waals surface area contributed by atoms with Crippen LogP contribution in [-0.4, -0.2) is 34.2 Å². The number of rotatable bonds is 4. The maximum absolute atomic E-state index is 5.64. The zero-order valence-electron chi connectivity index (χ0n) is 12.7. The van der Waals surface area contributed by atoms with Gasteiger partial charge in [0.25, 0.3) is 0 Å². The molecule has 0 aliphatic heterocycles. The van der Waals surface area contributed by atoms with Crippen molar-refractivity contribution in [3.8, 4) is 11.8 Å². The predicted octanol–water partition coefficient (Wildman–Crippen LogP) is 2.19. The lowest BCUT2D eigenvalue weighted by atomic mass is 10.2. The van der Waals surface area contributed by atoms with Gasteiger partial charge in [-0.25, -0.2) is 4.98 Å². The maximum Gasteiger partial charge on any atom is 0.247 e. The van der Waals surface area contributed by atoms with Gasteiger partial charge in [0, 0.05) is 0 Å². The first kappa shape index (κ1) is 14.7. The van der Waals surface area contributed by atoms with E-state index in [4.69, 9.17) is 15.2 Å². The standard InChI is InChI=1S/C16H15N5O2/c1-22-14-11(9-8-10-6-4-3-5-7-10)18-12-13(19-14)20-16(17)21-15(12)23-2/h3-9H,1-2H3,(H2,17,19,20,21)/b9-8+. The average Bonchev–Trinajstić information content (AvgIpc) is 2.59. The number of anilines is 1. The SMILES string of the molecule is COc1nc2nc(N)nc(OC)c2nc1/C=C/c1ccccc1. The Labute approximate surface area is 132 Å². The minimum atomic E-state index is 0.0679. The number of fused-ring (bicyclic) bond motifs is 1. The Morgan fingerprint density at radius 3 is 2.30 bits per heavy atom. The average molecular weight is 309 g/mol. The zero-order chi connectivity index (χ0) is 16.2. The van der Waals surface area contributed by atoms with Gasteiger partial charge in [-0.2, -0.15) is 15.0 Å². The fourth-order valence-electron chi connectivity index (χ4n) is 2.08. The molecule has 0 fully saturated rings. The van der Waals surface area contributed by atoms with Crippen LogP contribution in [0.4, 0.5) is 5.95 Å². The molecule has 0 saturated carbocycles. The first-order valence-electron chi connectivity index (χ1n) is 6.87. The van der Waals surface area contributed by atoms with E-state index in [0.717, 1.165) is 5.56 Å². The highest BCUT2D eigenvalue weighted by molar-refractivity contribution is 5.80. The Kier molecular flexibility index (Phi) is 4.01. The van der Waals surface area contributed by atoms with E-state index in [2.05, 4.69) is 19.9 Å². The van der Waals surface area contributed by atoms with Gasteiger partial charge >= 0.3 is 0 Å². The molecule has 3 aromatic rings. The van der Waals surface area contributed by atoms with Crippen molar-refractivity contribution in [2.45, 2.75) is 0 Å². The van der Waals surface area contributed by atoms with E-state index in [1.807, 2.05) is 42.5 Å². The summed E-state index contributed by atoms with van der Waals surface area (Å²) < 4.78 is 10.5. The third kappa shape index (κ3) is 3.03. The first-order valence-corrected chi connectivity index (χ1v) is 6.87. The molecule has 0 atom stereocenters. The molecule has 0 spiro atoms. The van der Waals surface area contributed by atoms with Gasteiger partial charge < -0.3 is 15.2 Å². The first-order chi connectivity index (χ1) is 11.2. The van der Waals surface area contributed by atoms with Crippen molar-refractivity contribution in [1.29, 1.82) is 0 Å². The molecule has 0 bridgehead atoms. The van der Waals surface area contributed by atoms with E-state index < -0.39 is 0 Å². The van der Waals surface area contributed by atoms with Crippen LogP contribution >= 0.6 is 0 Å². The van der Waals surface area contributed by atoms with Gasteiger partial charge in [0.1, 0.15) is 5.69 Å². The van der Waals surface area contributed by atoms with Crippen molar-refractivity contribution in [2.75, 3.05) is 20.0 Å². The largest absolute Gasteiger partial charge is 0.479 e. The molecule has 2 aromatic heterocycles. The van der Waals surface area contributed by atoms with Gasteiger partial charge in [-0.15, -0.1) is 0 Å². The highest BCUT2D eigenvalue weighted by atomic mass is 16.5. The van der Waals surface area contributed by atoms with Crippen molar-refractivity contribution >= 4 is 29.3 Å². The topological polar surface area (TPSA) is 96.0 Å². The molecule has 1 aromatic carbocycles. The van der Waals surface area contributed by atoms with Crippen molar-refractivity contribution in [1.82, 2.24) is 19.9 Å². The summed E-state index contributed by atoms with van der Waals surface area (Å²) in [5.74, 6) is 0.695. The Balaban J connectivity index is 2.12. The summed E-state index contributed by atoms with van der Waals surface area (Å²) in [7, 11) is 3.02. The van der Waals surface area contributed by atoms with Crippen LogP contribution in [0.5, 0.6) is 11.8 Å². The van der Waals surface area contributed by atoms with Crippen molar-refractivity contribution in [2.24, 2.45) is 0 Å². The number of methoxy groups -OCH3 is 2. The van der Waals surface area contributed by atoms with Crippen LogP contribution in [0, 0.1) is 0 Å². The quantitative estimate of drug-likeness (QED) is 0.789. The number of nitrogen functional groups attached to an aromatic ring is 1. The minimum absolute atomic E-state index is 0.0679. The number of aromatic nitrogens is 4. The fourth-order valence-corrected chi connectivity index (χ4v) is 2.08. The third-order valence-corrected chi connectivity index (χ3v) is 3.13. The number of hydrogen-bond acceptors (Lipinski definition) is 7. The van der Waals surface area contributed by atoms with Gasteiger partial charge in [-0.1, -0.05) is 36.4 Å². The number of benzene rings is 1. The summed E-state index contributed by atoms with van der Waals surface area (Å²) in [5.41, 5.74) is 7.98. The maximum atomic E-state index is 5.64. The normalized spacial score (nSPS) is 11.0. The fraction of sp³-hybridized carbons (Fsp3) is 0.125. The van der Waals surface area contributed by atoms with Gasteiger partial charge in [-0.05, 0) is 11.6 Å². The molecule has 116 valence electrons. The summed E-state index contributed by atoms with van der Waals surface area (Å²) in [6.45, 7) is 0. The highest BCUT2D eigenvalue weighted by Crippen LogP contribution is 2.25. The van der Waals surface area contributed by atoms with Crippen LogP contribution in [0.2, 0.25) is 0 Å². The molecule has 2 N–H and O–H groups in total. The van der Waals surface area contributed by atoms with Crippen LogP contribution in [-0.2, 0) is 0 Å². The Morgan fingerprint density at radius 1 is 0.870 bits per heavy atom.